The zero-order valence-electron chi connectivity index (χ0n) is 11.8. The highest BCUT2D eigenvalue weighted by Gasteiger charge is 2.30. The van der Waals surface area contributed by atoms with Crippen molar-refractivity contribution in [3.05, 3.63) is 30.3 Å². The fourth-order valence-corrected chi connectivity index (χ4v) is 2.32. The average molecular weight is 261 g/mol. The Hall–Kier alpha value is -1.39. The highest BCUT2D eigenvalue weighted by atomic mass is 16.2. The second kappa shape index (κ2) is 6.17. The number of nitrogens with one attached hydrogen (secondary N) is 2. The van der Waals surface area contributed by atoms with Crippen LogP contribution in [0.2, 0.25) is 0 Å². The van der Waals surface area contributed by atoms with Crippen molar-refractivity contribution >= 4 is 11.6 Å². The van der Waals surface area contributed by atoms with Crippen LogP contribution in [-0.4, -0.2) is 43.5 Å². The van der Waals surface area contributed by atoms with Gasteiger partial charge in [0.05, 0.1) is 5.41 Å². The number of hydrogen-bond donors (Lipinski definition) is 2. The highest BCUT2D eigenvalue weighted by molar-refractivity contribution is 5.94. The van der Waals surface area contributed by atoms with Crippen LogP contribution in [0, 0.1) is 5.41 Å². The Morgan fingerprint density at radius 3 is 2.53 bits per heavy atom. The summed E-state index contributed by atoms with van der Waals surface area (Å²) < 4.78 is 0. The summed E-state index contributed by atoms with van der Waals surface area (Å²) in [4.78, 5) is 14.7. The quantitative estimate of drug-likeness (QED) is 0.864. The van der Waals surface area contributed by atoms with Gasteiger partial charge in [-0.2, -0.15) is 0 Å². The lowest BCUT2D eigenvalue weighted by Crippen LogP contribution is -2.49. The molecule has 1 aliphatic heterocycles. The molecule has 0 atom stereocenters. The molecule has 104 valence electrons. The molecule has 4 heteroatoms. The maximum atomic E-state index is 12.4. The lowest BCUT2D eigenvalue weighted by atomic mass is 9.91. The third-order valence-corrected chi connectivity index (χ3v) is 3.47. The number of carbonyl (C=O) groups excluding carboxylic acids is 1. The van der Waals surface area contributed by atoms with Gasteiger partial charge in [0.15, 0.2) is 0 Å². The SMILES string of the molecule is CC(C)(CN1CCNCC1)C(=O)Nc1ccccc1. The first-order chi connectivity index (χ1) is 9.08. The average Bonchev–Trinajstić information content (AvgIpc) is 2.40. The van der Waals surface area contributed by atoms with Crippen molar-refractivity contribution in [2.24, 2.45) is 5.41 Å². The largest absolute Gasteiger partial charge is 0.326 e. The van der Waals surface area contributed by atoms with Crippen LogP contribution in [0.4, 0.5) is 5.69 Å². The Morgan fingerprint density at radius 2 is 1.89 bits per heavy atom. The van der Waals surface area contributed by atoms with Crippen molar-refractivity contribution in [2.75, 3.05) is 38.0 Å². The van der Waals surface area contributed by atoms with Gasteiger partial charge in [-0.15, -0.1) is 0 Å². The lowest BCUT2D eigenvalue weighted by molar-refractivity contribution is -0.125. The van der Waals surface area contributed by atoms with E-state index in [0.717, 1.165) is 38.4 Å². The molecule has 1 aromatic rings. The van der Waals surface area contributed by atoms with E-state index in [9.17, 15) is 4.79 Å². The van der Waals surface area contributed by atoms with E-state index in [1.807, 2.05) is 44.2 Å². The molecule has 0 aliphatic carbocycles. The summed E-state index contributed by atoms with van der Waals surface area (Å²) in [6.07, 6.45) is 0. The van der Waals surface area contributed by atoms with Gasteiger partial charge in [0, 0.05) is 38.4 Å². The molecule has 0 radical (unpaired) electrons. The normalized spacial score (nSPS) is 17.2. The number of para-hydroxylation sites is 1. The van der Waals surface area contributed by atoms with E-state index in [2.05, 4.69) is 15.5 Å². The number of amides is 1. The minimum Gasteiger partial charge on any atom is -0.326 e. The predicted octanol–water partition coefficient (Wildman–Crippen LogP) is 1.56. The first kappa shape index (κ1) is 14.0. The third-order valence-electron chi connectivity index (χ3n) is 3.47. The summed E-state index contributed by atoms with van der Waals surface area (Å²) in [6.45, 7) is 8.87. The van der Waals surface area contributed by atoms with E-state index >= 15 is 0 Å². The molecule has 0 spiro atoms. The van der Waals surface area contributed by atoms with Gasteiger partial charge in [-0.1, -0.05) is 18.2 Å². The van der Waals surface area contributed by atoms with Crippen molar-refractivity contribution in [3.63, 3.8) is 0 Å². The van der Waals surface area contributed by atoms with Gasteiger partial charge < -0.3 is 10.6 Å². The lowest BCUT2D eigenvalue weighted by Gasteiger charge is -2.34. The summed E-state index contributed by atoms with van der Waals surface area (Å²) in [7, 11) is 0. The molecule has 1 heterocycles. The van der Waals surface area contributed by atoms with E-state index in [1.165, 1.54) is 0 Å². The number of carbonyl (C=O) groups is 1. The fraction of sp³-hybridized carbons (Fsp3) is 0.533. The van der Waals surface area contributed by atoms with Gasteiger partial charge in [0.1, 0.15) is 0 Å². The molecular weight excluding hydrogens is 238 g/mol. The Labute approximate surface area is 115 Å². The zero-order chi connectivity index (χ0) is 13.7. The number of benzene rings is 1. The van der Waals surface area contributed by atoms with E-state index in [-0.39, 0.29) is 11.3 Å². The molecule has 0 aromatic heterocycles. The maximum absolute atomic E-state index is 12.4. The molecule has 19 heavy (non-hydrogen) atoms. The fourth-order valence-electron chi connectivity index (χ4n) is 2.32. The number of hydrogen-bond acceptors (Lipinski definition) is 3. The second-order valence-corrected chi connectivity index (χ2v) is 5.73. The topological polar surface area (TPSA) is 44.4 Å². The molecular formula is C15H23N3O. The maximum Gasteiger partial charge on any atom is 0.231 e. The van der Waals surface area contributed by atoms with Crippen molar-refractivity contribution in [3.8, 4) is 0 Å². The van der Waals surface area contributed by atoms with Crippen LogP contribution in [-0.2, 0) is 4.79 Å². The highest BCUT2D eigenvalue weighted by Crippen LogP contribution is 2.20. The van der Waals surface area contributed by atoms with Gasteiger partial charge in [-0.25, -0.2) is 0 Å². The molecule has 1 fully saturated rings. The Bertz CT molecular complexity index is 411. The number of rotatable bonds is 4. The molecule has 0 bridgehead atoms. The summed E-state index contributed by atoms with van der Waals surface area (Å²) >= 11 is 0. The van der Waals surface area contributed by atoms with Crippen LogP contribution in [0.5, 0.6) is 0 Å². The molecule has 2 rings (SSSR count). The molecule has 0 saturated carbocycles. The van der Waals surface area contributed by atoms with E-state index in [1.54, 1.807) is 0 Å². The van der Waals surface area contributed by atoms with Crippen molar-refractivity contribution < 1.29 is 4.79 Å². The first-order valence-electron chi connectivity index (χ1n) is 6.87. The van der Waals surface area contributed by atoms with Gasteiger partial charge in [0.2, 0.25) is 5.91 Å². The smallest absolute Gasteiger partial charge is 0.231 e. The van der Waals surface area contributed by atoms with Crippen LogP contribution in [0.1, 0.15) is 13.8 Å². The number of anilines is 1. The monoisotopic (exact) mass is 261 g/mol. The molecule has 2 N–H and O–H groups in total. The molecule has 4 nitrogen and oxygen atoms in total. The van der Waals surface area contributed by atoms with E-state index in [4.69, 9.17) is 0 Å². The van der Waals surface area contributed by atoms with Gasteiger partial charge in [-0.3, -0.25) is 9.69 Å². The van der Waals surface area contributed by atoms with E-state index < -0.39 is 0 Å². The van der Waals surface area contributed by atoms with Crippen molar-refractivity contribution in [2.45, 2.75) is 13.8 Å². The van der Waals surface area contributed by atoms with Crippen molar-refractivity contribution in [1.82, 2.24) is 10.2 Å². The minimum atomic E-state index is -0.382. The molecule has 1 aromatic carbocycles. The third kappa shape index (κ3) is 4.04. The first-order valence-corrected chi connectivity index (χ1v) is 6.87. The summed E-state index contributed by atoms with van der Waals surface area (Å²) in [6, 6.07) is 9.64. The van der Waals surface area contributed by atoms with Gasteiger partial charge in [-0.05, 0) is 26.0 Å². The van der Waals surface area contributed by atoms with Crippen LogP contribution in [0.3, 0.4) is 0 Å². The summed E-state index contributed by atoms with van der Waals surface area (Å²) in [5.74, 6) is 0.0808. The van der Waals surface area contributed by atoms with E-state index in [0.29, 0.717) is 0 Å². The number of nitrogens with zero attached hydrogens (tertiary/aromatic N) is 1. The number of piperazine rings is 1. The summed E-state index contributed by atoms with van der Waals surface area (Å²) in [5, 5.41) is 6.32. The Morgan fingerprint density at radius 1 is 1.26 bits per heavy atom. The van der Waals surface area contributed by atoms with Crippen LogP contribution >= 0.6 is 0 Å². The van der Waals surface area contributed by atoms with Gasteiger partial charge in [0.25, 0.3) is 0 Å². The predicted molar refractivity (Wildman–Crippen MR) is 78.2 cm³/mol. The molecule has 0 unspecified atom stereocenters. The summed E-state index contributed by atoms with van der Waals surface area (Å²) in [5.41, 5.74) is 0.480. The second-order valence-electron chi connectivity index (χ2n) is 5.73. The van der Waals surface area contributed by atoms with Crippen LogP contribution in [0.25, 0.3) is 0 Å². The standard InChI is InChI=1S/C15H23N3O/c1-15(2,12-18-10-8-16-9-11-18)14(19)17-13-6-4-3-5-7-13/h3-7,16H,8-12H2,1-2H3,(H,17,19). The minimum absolute atomic E-state index is 0.0808. The molecule has 1 aliphatic rings. The Kier molecular flexibility index (Phi) is 4.56. The zero-order valence-corrected chi connectivity index (χ0v) is 11.8. The molecule has 1 amide bonds. The van der Waals surface area contributed by atoms with Crippen LogP contribution < -0.4 is 10.6 Å². The molecule has 1 saturated heterocycles. The van der Waals surface area contributed by atoms with Crippen molar-refractivity contribution in [1.29, 1.82) is 0 Å². The van der Waals surface area contributed by atoms with Gasteiger partial charge >= 0.3 is 0 Å². The van der Waals surface area contributed by atoms with Crippen LogP contribution in [0.15, 0.2) is 30.3 Å². The Balaban J connectivity index is 1.92.